The largest absolute Gasteiger partial charge is 0.497 e. The molecule has 4 N–H and O–H groups in total. The van der Waals surface area contributed by atoms with Crippen molar-refractivity contribution >= 4 is 17.8 Å². The third-order valence-corrected chi connectivity index (χ3v) is 6.96. The standard InChI is InChI=1S/C29H40N4O5/c1-19(22-11-8-12-23(18-22)36-2)31-28(35)24(15-20-9-6-5-7-10-20)32-29(30)33-27(34)17-21-13-14-25(37-3)26(16-21)38-4/h8,11-14,16,18-20,24H,5-7,9-10,15,17H2,1-4H3,(H,31,35)(H3,30,32,33,34)/t19-,24-/m0/s1. The number of carbonyl (C=O) groups excluding carboxylic acids is 2. The van der Waals surface area contributed by atoms with E-state index in [9.17, 15) is 9.59 Å². The number of carbonyl (C=O) groups is 2. The van der Waals surface area contributed by atoms with Gasteiger partial charge in [-0.2, -0.15) is 0 Å². The van der Waals surface area contributed by atoms with Crippen molar-refractivity contribution in [3.8, 4) is 17.2 Å². The van der Waals surface area contributed by atoms with Gasteiger partial charge in [0.1, 0.15) is 11.8 Å². The summed E-state index contributed by atoms with van der Waals surface area (Å²) in [4.78, 5) is 26.0. The van der Waals surface area contributed by atoms with Gasteiger partial charge in [-0.1, -0.05) is 50.3 Å². The fourth-order valence-electron chi connectivity index (χ4n) is 4.87. The molecule has 206 valence electrons. The highest BCUT2D eigenvalue weighted by atomic mass is 16.5. The summed E-state index contributed by atoms with van der Waals surface area (Å²) in [6.45, 7) is 1.92. The van der Waals surface area contributed by atoms with Crippen LogP contribution in [0.5, 0.6) is 17.2 Å². The molecule has 0 aromatic heterocycles. The van der Waals surface area contributed by atoms with Crippen LogP contribution in [-0.2, 0) is 16.0 Å². The van der Waals surface area contributed by atoms with Gasteiger partial charge in [-0.05, 0) is 54.7 Å². The van der Waals surface area contributed by atoms with Gasteiger partial charge in [0, 0.05) is 0 Å². The van der Waals surface area contributed by atoms with Crippen LogP contribution in [0.1, 0.15) is 62.6 Å². The SMILES string of the molecule is COc1cccc([C@H](C)NC(=O)[C@H](CC2CCCCC2)NC(=N)NC(=O)Cc2ccc(OC)c(OC)c2)c1. The van der Waals surface area contributed by atoms with Gasteiger partial charge in [-0.3, -0.25) is 20.3 Å². The first-order chi connectivity index (χ1) is 18.3. The number of benzene rings is 2. The molecule has 1 aliphatic rings. The minimum Gasteiger partial charge on any atom is -0.497 e. The van der Waals surface area contributed by atoms with Gasteiger partial charge in [0.25, 0.3) is 0 Å². The van der Waals surface area contributed by atoms with Crippen molar-refractivity contribution in [1.82, 2.24) is 16.0 Å². The minimum atomic E-state index is -0.639. The Labute approximate surface area is 225 Å². The van der Waals surface area contributed by atoms with E-state index in [-0.39, 0.29) is 30.2 Å². The van der Waals surface area contributed by atoms with Crippen LogP contribution < -0.4 is 30.2 Å². The van der Waals surface area contributed by atoms with E-state index in [0.717, 1.165) is 42.6 Å². The minimum absolute atomic E-state index is 0.0524. The van der Waals surface area contributed by atoms with E-state index in [2.05, 4.69) is 16.0 Å². The Morgan fingerprint density at radius 1 is 0.947 bits per heavy atom. The molecule has 0 unspecified atom stereocenters. The Morgan fingerprint density at radius 2 is 1.68 bits per heavy atom. The number of methoxy groups -OCH3 is 3. The molecule has 0 radical (unpaired) electrons. The zero-order valence-electron chi connectivity index (χ0n) is 22.8. The molecule has 9 nitrogen and oxygen atoms in total. The summed E-state index contributed by atoms with van der Waals surface area (Å²) in [5.74, 6) is 1.46. The van der Waals surface area contributed by atoms with Crippen LogP contribution in [0.25, 0.3) is 0 Å². The van der Waals surface area contributed by atoms with Gasteiger partial charge < -0.3 is 24.8 Å². The predicted octanol–water partition coefficient (Wildman–Crippen LogP) is 4.11. The van der Waals surface area contributed by atoms with Crippen LogP contribution in [0.2, 0.25) is 0 Å². The zero-order valence-corrected chi connectivity index (χ0v) is 22.8. The van der Waals surface area contributed by atoms with Crippen LogP contribution in [0, 0.1) is 11.3 Å². The molecule has 2 aromatic rings. The molecule has 2 aromatic carbocycles. The van der Waals surface area contributed by atoms with Crippen molar-refractivity contribution in [3.05, 3.63) is 53.6 Å². The Bertz CT molecular complexity index is 1100. The topological polar surface area (TPSA) is 122 Å². The van der Waals surface area contributed by atoms with E-state index in [1.165, 1.54) is 13.5 Å². The zero-order chi connectivity index (χ0) is 27.5. The number of hydrogen-bond acceptors (Lipinski definition) is 6. The lowest BCUT2D eigenvalue weighted by molar-refractivity contribution is -0.124. The van der Waals surface area contributed by atoms with E-state index < -0.39 is 6.04 Å². The fourth-order valence-corrected chi connectivity index (χ4v) is 4.87. The summed E-state index contributed by atoms with van der Waals surface area (Å²) in [5.41, 5.74) is 1.64. The summed E-state index contributed by atoms with van der Waals surface area (Å²) >= 11 is 0. The second-order valence-corrected chi connectivity index (χ2v) is 9.73. The molecule has 1 saturated carbocycles. The molecular weight excluding hydrogens is 484 g/mol. The molecule has 0 aliphatic heterocycles. The van der Waals surface area contributed by atoms with Gasteiger partial charge in [0.15, 0.2) is 17.5 Å². The first kappa shape index (κ1) is 28.8. The average molecular weight is 525 g/mol. The van der Waals surface area contributed by atoms with Crippen molar-refractivity contribution in [2.75, 3.05) is 21.3 Å². The third kappa shape index (κ3) is 8.39. The lowest BCUT2D eigenvalue weighted by Crippen LogP contribution is -2.52. The predicted molar refractivity (Wildman–Crippen MR) is 147 cm³/mol. The quantitative estimate of drug-likeness (QED) is 0.259. The molecule has 0 bridgehead atoms. The average Bonchev–Trinajstić information content (AvgIpc) is 2.92. The van der Waals surface area contributed by atoms with Crippen LogP contribution in [0.15, 0.2) is 42.5 Å². The molecule has 1 fully saturated rings. The monoisotopic (exact) mass is 524 g/mol. The summed E-state index contributed by atoms with van der Waals surface area (Å²) in [6.07, 6.45) is 6.31. The highest BCUT2D eigenvalue weighted by molar-refractivity contribution is 5.98. The van der Waals surface area contributed by atoms with Crippen LogP contribution in [0.3, 0.4) is 0 Å². The number of rotatable bonds is 11. The molecule has 38 heavy (non-hydrogen) atoms. The summed E-state index contributed by atoms with van der Waals surface area (Å²) in [5, 5.41) is 17.0. The lowest BCUT2D eigenvalue weighted by atomic mass is 9.84. The molecule has 0 spiro atoms. The molecular formula is C29H40N4O5. The summed E-state index contributed by atoms with van der Waals surface area (Å²) < 4.78 is 15.9. The molecule has 1 aliphatic carbocycles. The van der Waals surface area contributed by atoms with Gasteiger partial charge in [-0.15, -0.1) is 0 Å². The van der Waals surface area contributed by atoms with Crippen molar-refractivity contribution in [2.24, 2.45) is 5.92 Å². The molecule has 2 atom stereocenters. The highest BCUT2D eigenvalue weighted by Gasteiger charge is 2.27. The van der Waals surface area contributed by atoms with Gasteiger partial charge in [0.2, 0.25) is 11.8 Å². The Kier molecular flexibility index (Phi) is 10.8. The van der Waals surface area contributed by atoms with Crippen molar-refractivity contribution in [1.29, 1.82) is 5.41 Å². The molecule has 3 rings (SSSR count). The van der Waals surface area contributed by atoms with E-state index in [1.807, 2.05) is 31.2 Å². The number of guanidine groups is 1. The second kappa shape index (κ2) is 14.3. The van der Waals surface area contributed by atoms with Crippen molar-refractivity contribution in [3.63, 3.8) is 0 Å². The summed E-state index contributed by atoms with van der Waals surface area (Å²) in [6, 6.07) is 11.9. The van der Waals surface area contributed by atoms with Gasteiger partial charge in [0.05, 0.1) is 33.8 Å². The van der Waals surface area contributed by atoms with E-state index in [1.54, 1.807) is 32.4 Å². The second-order valence-electron chi connectivity index (χ2n) is 9.73. The smallest absolute Gasteiger partial charge is 0.243 e. The molecule has 2 amide bonds. The lowest BCUT2D eigenvalue weighted by Gasteiger charge is -2.28. The van der Waals surface area contributed by atoms with Gasteiger partial charge >= 0.3 is 0 Å². The maximum absolute atomic E-state index is 13.4. The molecule has 0 heterocycles. The van der Waals surface area contributed by atoms with E-state index in [0.29, 0.717) is 23.8 Å². The maximum atomic E-state index is 13.4. The number of nitrogens with one attached hydrogen (secondary N) is 4. The maximum Gasteiger partial charge on any atom is 0.243 e. The molecule has 9 heteroatoms. The Morgan fingerprint density at radius 3 is 2.37 bits per heavy atom. The van der Waals surface area contributed by atoms with E-state index in [4.69, 9.17) is 19.6 Å². The number of ether oxygens (including phenoxy) is 3. The third-order valence-electron chi connectivity index (χ3n) is 6.96. The van der Waals surface area contributed by atoms with Crippen molar-refractivity contribution in [2.45, 2.75) is 64.0 Å². The van der Waals surface area contributed by atoms with E-state index >= 15 is 0 Å². The van der Waals surface area contributed by atoms with Crippen LogP contribution >= 0.6 is 0 Å². The van der Waals surface area contributed by atoms with Crippen LogP contribution in [-0.4, -0.2) is 45.1 Å². The number of amides is 2. The summed E-state index contributed by atoms with van der Waals surface area (Å²) in [7, 11) is 4.69. The first-order valence-electron chi connectivity index (χ1n) is 13.1. The fraction of sp³-hybridized carbons (Fsp3) is 0.483. The number of hydrogen-bond donors (Lipinski definition) is 4. The van der Waals surface area contributed by atoms with Crippen molar-refractivity contribution < 1.29 is 23.8 Å². The Hall–Kier alpha value is -3.75. The molecule has 0 saturated heterocycles. The highest BCUT2D eigenvalue weighted by Crippen LogP contribution is 2.29. The normalized spacial score (nSPS) is 15.1. The first-order valence-corrected chi connectivity index (χ1v) is 13.1. The Balaban J connectivity index is 1.63. The van der Waals surface area contributed by atoms with Crippen LogP contribution in [0.4, 0.5) is 0 Å². The van der Waals surface area contributed by atoms with Gasteiger partial charge in [-0.25, -0.2) is 0 Å².